The molecule has 0 saturated carbocycles. The smallest absolute Gasteiger partial charge is 0.274 e. The highest BCUT2D eigenvalue weighted by Gasteiger charge is 2.26. The standard InChI is InChI=1S/C18H23N3O3/c1-13-9-17(20-19-13)18(22)21-8-4-5-14(11-21)12-24-16-7-3-6-15(10-16)23-2/h3,6-7,9-10,14H,4-5,8,11-12H2,1-2H3,(H,19,20). The Bertz CT molecular complexity index is 698. The van der Waals surface area contributed by atoms with Crippen LogP contribution in [-0.2, 0) is 0 Å². The lowest BCUT2D eigenvalue weighted by Gasteiger charge is -2.32. The molecule has 1 aromatic carbocycles. The molecule has 3 rings (SSSR count). The second-order valence-corrected chi connectivity index (χ2v) is 6.19. The van der Waals surface area contributed by atoms with Crippen molar-refractivity contribution in [2.45, 2.75) is 19.8 Å². The van der Waals surface area contributed by atoms with Crippen LogP contribution >= 0.6 is 0 Å². The average molecular weight is 329 g/mol. The number of carbonyl (C=O) groups excluding carboxylic acids is 1. The number of piperidine rings is 1. The molecule has 1 atom stereocenters. The number of nitrogens with zero attached hydrogens (tertiary/aromatic N) is 2. The Morgan fingerprint density at radius 1 is 1.38 bits per heavy atom. The van der Waals surface area contributed by atoms with Gasteiger partial charge in [0.25, 0.3) is 5.91 Å². The van der Waals surface area contributed by atoms with Crippen LogP contribution in [0.1, 0.15) is 29.0 Å². The highest BCUT2D eigenvalue weighted by Crippen LogP contribution is 2.22. The number of methoxy groups -OCH3 is 1. The van der Waals surface area contributed by atoms with Crippen LogP contribution in [0.25, 0.3) is 0 Å². The molecule has 0 bridgehead atoms. The van der Waals surface area contributed by atoms with E-state index in [4.69, 9.17) is 9.47 Å². The summed E-state index contributed by atoms with van der Waals surface area (Å²) in [7, 11) is 1.64. The molecule has 24 heavy (non-hydrogen) atoms. The number of carbonyl (C=O) groups is 1. The van der Waals surface area contributed by atoms with Gasteiger partial charge in [0.15, 0.2) is 0 Å². The van der Waals surface area contributed by atoms with E-state index in [2.05, 4.69) is 10.2 Å². The number of hydrogen-bond acceptors (Lipinski definition) is 4. The molecule has 1 aromatic heterocycles. The summed E-state index contributed by atoms with van der Waals surface area (Å²) in [5.74, 6) is 1.89. The number of nitrogens with one attached hydrogen (secondary N) is 1. The van der Waals surface area contributed by atoms with Gasteiger partial charge >= 0.3 is 0 Å². The molecule has 2 heterocycles. The summed E-state index contributed by atoms with van der Waals surface area (Å²) in [5, 5.41) is 6.89. The van der Waals surface area contributed by atoms with Crippen molar-refractivity contribution in [2.75, 3.05) is 26.8 Å². The van der Waals surface area contributed by atoms with Gasteiger partial charge in [0.1, 0.15) is 17.2 Å². The Morgan fingerprint density at radius 3 is 2.96 bits per heavy atom. The van der Waals surface area contributed by atoms with E-state index in [1.54, 1.807) is 13.2 Å². The molecule has 1 amide bonds. The number of hydrogen-bond donors (Lipinski definition) is 1. The van der Waals surface area contributed by atoms with E-state index in [9.17, 15) is 4.79 Å². The molecule has 2 aromatic rings. The van der Waals surface area contributed by atoms with Crippen molar-refractivity contribution in [3.8, 4) is 11.5 Å². The summed E-state index contributed by atoms with van der Waals surface area (Å²) >= 11 is 0. The molecule has 6 heteroatoms. The van der Waals surface area contributed by atoms with Gasteiger partial charge in [0.2, 0.25) is 0 Å². The third-order valence-corrected chi connectivity index (χ3v) is 4.26. The van der Waals surface area contributed by atoms with E-state index in [0.717, 1.165) is 36.6 Å². The number of rotatable bonds is 5. The van der Waals surface area contributed by atoms with Crippen molar-refractivity contribution in [1.29, 1.82) is 0 Å². The summed E-state index contributed by atoms with van der Waals surface area (Å²) in [5.41, 5.74) is 1.38. The quantitative estimate of drug-likeness (QED) is 0.916. The third-order valence-electron chi connectivity index (χ3n) is 4.26. The molecule has 1 fully saturated rings. The summed E-state index contributed by atoms with van der Waals surface area (Å²) < 4.78 is 11.1. The van der Waals surface area contributed by atoms with Crippen molar-refractivity contribution in [3.63, 3.8) is 0 Å². The van der Waals surface area contributed by atoms with E-state index in [0.29, 0.717) is 24.8 Å². The fourth-order valence-electron chi connectivity index (χ4n) is 2.98. The molecular weight excluding hydrogens is 306 g/mol. The highest BCUT2D eigenvalue weighted by molar-refractivity contribution is 5.92. The molecule has 1 unspecified atom stereocenters. The largest absolute Gasteiger partial charge is 0.497 e. The van der Waals surface area contributed by atoms with Gasteiger partial charge in [-0.3, -0.25) is 9.89 Å². The first-order chi connectivity index (χ1) is 11.7. The molecule has 1 saturated heterocycles. The summed E-state index contributed by atoms with van der Waals surface area (Å²) in [6, 6.07) is 9.38. The minimum absolute atomic E-state index is 0.00886. The molecule has 0 spiro atoms. The van der Waals surface area contributed by atoms with Gasteiger partial charge in [-0.1, -0.05) is 6.07 Å². The summed E-state index contributed by atoms with van der Waals surface area (Å²) in [6.45, 7) is 3.97. The zero-order valence-electron chi connectivity index (χ0n) is 14.1. The summed E-state index contributed by atoms with van der Waals surface area (Å²) in [6.07, 6.45) is 2.05. The lowest BCUT2D eigenvalue weighted by atomic mass is 9.98. The molecular formula is C18H23N3O3. The second kappa shape index (κ2) is 7.38. The zero-order chi connectivity index (χ0) is 16.9. The highest BCUT2D eigenvalue weighted by atomic mass is 16.5. The van der Waals surface area contributed by atoms with E-state index in [1.807, 2.05) is 36.1 Å². The number of aromatic amines is 1. The van der Waals surface area contributed by atoms with Gasteiger partial charge in [-0.25, -0.2) is 0 Å². The Hall–Kier alpha value is -2.50. The first-order valence-electron chi connectivity index (χ1n) is 8.24. The van der Waals surface area contributed by atoms with Gasteiger partial charge in [0, 0.05) is 30.8 Å². The molecule has 0 aliphatic carbocycles. The molecule has 0 radical (unpaired) electrons. The van der Waals surface area contributed by atoms with Crippen LogP contribution in [0.3, 0.4) is 0 Å². The predicted octanol–water partition coefficient (Wildman–Crippen LogP) is 2.66. The Balaban J connectivity index is 1.56. The Kier molecular flexibility index (Phi) is 5.03. The lowest BCUT2D eigenvalue weighted by Crippen LogP contribution is -2.41. The Labute approximate surface area is 141 Å². The van der Waals surface area contributed by atoms with Gasteiger partial charge < -0.3 is 14.4 Å². The second-order valence-electron chi connectivity index (χ2n) is 6.19. The monoisotopic (exact) mass is 329 g/mol. The molecule has 1 aliphatic heterocycles. The van der Waals surface area contributed by atoms with Crippen molar-refractivity contribution in [3.05, 3.63) is 41.7 Å². The molecule has 1 aliphatic rings. The van der Waals surface area contributed by atoms with Crippen LogP contribution in [0.2, 0.25) is 0 Å². The number of ether oxygens (including phenoxy) is 2. The maximum absolute atomic E-state index is 12.5. The summed E-state index contributed by atoms with van der Waals surface area (Å²) in [4.78, 5) is 14.4. The number of aryl methyl sites for hydroxylation is 1. The maximum atomic E-state index is 12.5. The predicted molar refractivity (Wildman–Crippen MR) is 90.4 cm³/mol. The van der Waals surface area contributed by atoms with Crippen molar-refractivity contribution in [1.82, 2.24) is 15.1 Å². The molecule has 1 N–H and O–H groups in total. The fraction of sp³-hybridized carbons (Fsp3) is 0.444. The van der Waals surface area contributed by atoms with Crippen molar-refractivity contribution < 1.29 is 14.3 Å². The van der Waals surface area contributed by atoms with Crippen LogP contribution in [0.5, 0.6) is 11.5 Å². The lowest BCUT2D eigenvalue weighted by molar-refractivity contribution is 0.0627. The minimum atomic E-state index is -0.00886. The van der Waals surface area contributed by atoms with Gasteiger partial charge in [-0.2, -0.15) is 5.10 Å². The molecule has 6 nitrogen and oxygen atoms in total. The van der Waals surface area contributed by atoms with Crippen molar-refractivity contribution >= 4 is 5.91 Å². The SMILES string of the molecule is COc1cccc(OCC2CCCN(C(=O)c3cc(C)[nH]n3)C2)c1. The number of aromatic nitrogens is 2. The third kappa shape index (κ3) is 3.88. The number of H-pyrrole nitrogens is 1. The van der Waals surface area contributed by atoms with E-state index < -0.39 is 0 Å². The van der Waals surface area contributed by atoms with Gasteiger partial charge in [-0.15, -0.1) is 0 Å². The van der Waals surface area contributed by atoms with E-state index in [1.165, 1.54) is 0 Å². The topological polar surface area (TPSA) is 67.5 Å². The average Bonchev–Trinajstić information content (AvgIpc) is 3.06. The van der Waals surface area contributed by atoms with Crippen LogP contribution in [0.15, 0.2) is 30.3 Å². The van der Waals surface area contributed by atoms with E-state index >= 15 is 0 Å². The fourth-order valence-corrected chi connectivity index (χ4v) is 2.98. The number of likely N-dealkylation sites (tertiary alicyclic amines) is 1. The van der Waals surface area contributed by atoms with E-state index in [-0.39, 0.29) is 5.91 Å². The van der Waals surface area contributed by atoms with Crippen LogP contribution in [0.4, 0.5) is 0 Å². The normalized spacial score (nSPS) is 17.6. The van der Waals surface area contributed by atoms with Crippen LogP contribution in [-0.4, -0.2) is 47.8 Å². The van der Waals surface area contributed by atoms with Crippen LogP contribution in [0, 0.1) is 12.8 Å². The van der Waals surface area contributed by atoms with Crippen LogP contribution < -0.4 is 9.47 Å². The minimum Gasteiger partial charge on any atom is -0.497 e. The first kappa shape index (κ1) is 16.4. The maximum Gasteiger partial charge on any atom is 0.274 e. The first-order valence-corrected chi connectivity index (χ1v) is 8.24. The van der Waals surface area contributed by atoms with Crippen molar-refractivity contribution in [2.24, 2.45) is 5.92 Å². The molecule has 128 valence electrons. The zero-order valence-corrected chi connectivity index (χ0v) is 14.1. The Morgan fingerprint density at radius 2 is 2.21 bits per heavy atom. The van der Waals surface area contributed by atoms with Gasteiger partial charge in [0.05, 0.1) is 13.7 Å². The number of benzene rings is 1. The number of amides is 1. The van der Waals surface area contributed by atoms with Gasteiger partial charge in [-0.05, 0) is 38.0 Å².